The molecule has 0 saturated carbocycles. The predicted molar refractivity (Wildman–Crippen MR) is 94.8 cm³/mol. The quantitative estimate of drug-likeness (QED) is 0.733. The molecule has 0 fully saturated rings. The fraction of sp³-hybridized carbons (Fsp3) is 0.167. The number of anilines is 1. The number of imidazole rings is 1. The van der Waals surface area contributed by atoms with E-state index in [0.717, 1.165) is 16.1 Å². The summed E-state index contributed by atoms with van der Waals surface area (Å²) in [5.41, 5.74) is 3.67. The molecule has 7 heteroatoms. The van der Waals surface area contributed by atoms with Crippen LogP contribution in [0.4, 0.5) is 5.69 Å². The van der Waals surface area contributed by atoms with E-state index in [4.69, 9.17) is 4.74 Å². The van der Waals surface area contributed by atoms with Crippen molar-refractivity contribution >= 4 is 35.0 Å². The van der Waals surface area contributed by atoms with Gasteiger partial charge < -0.3 is 14.5 Å². The van der Waals surface area contributed by atoms with E-state index in [-0.39, 0.29) is 12.5 Å². The number of hydrogen-bond acceptors (Lipinski definition) is 5. The van der Waals surface area contributed by atoms with E-state index in [1.165, 1.54) is 11.8 Å². The first-order chi connectivity index (χ1) is 12.1. The molecule has 3 aromatic rings. The summed E-state index contributed by atoms with van der Waals surface area (Å²) in [6, 6.07) is 9.08. The standard InChI is InChI=1S/C18H15N3O3S/c1-11-2-5-16-19-13(8-21(16)7-11)9-24-18(23)12-3-4-15-14(6-12)20-17(22)10-25-15/h2-8H,9-10H2,1H3,(H,20,22). The number of hydrogen-bond donors (Lipinski definition) is 1. The summed E-state index contributed by atoms with van der Waals surface area (Å²) in [4.78, 5) is 29.1. The highest BCUT2D eigenvalue weighted by molar-refractivity contribution is 8.00. The number of pyridine rings is 1. The number of esters is 1. The second-order valence-electron chi connectivity index (χ2n) is 5.83. The maximum atomic E-state index is 12.3. The largest absolute Gasteiger partial charge is 0.456 e. The van der Waals surface area contributed by atoms with Gasteiger partial charge in [-0.3, -0.25) is 4.79 Å². The van der Waals surface area contributed by atoms with Crippen LogP contribution in [-0.4, -0.2) is 27.0 Å². The van der Waals surface area contributed by atoms with Crippen molar-refractivity contribution in [2.45, 2.75) is 18.4 Å². The Morgan fingerprint density at radius 3 is 3.08 bits per heavy atom. The fourth-order valence-corrected chi connectivity index (χ4v) is 3.45. The van der Waals surface area contributed by atoms with Gasteiger partial charge in [-0.2, -0.15) is 0 Å². The summed E-state index contributed by atoms with van der Waals surface area (Å²) in [6.07, 6.45) is 3.82. The van der Waals surface area contributed by atoms with E-state index in [1.807, 2.05) is 41.9 Å². The average molecular weight is 353 g/mol. The zero-order valence-corrected chi connectivity index (χ0v) is 14.3. The van der Waals surface area contributed by atoms with Crippen molar-refractivity contribution < 1.29 is 14.3 Å². The van der Waals surface area contributed by atoms with Gasteiger partial charge in [-0.15, -0.1) is 11.8 Å². The lowest BCUT2D eigenvalue weighted by Crippen LogP contribution is -2.19. The summed E-state index contributed by atoms with van der Waals surface area (Å²) in [5, 5.41) is 2.77. The van der Waals surface area contributed by atoms with Gasteiger partial charge in [0.1, 0.15) is 12.3 Å². The van der Waals surface area contributed by atoms with Crippen molar-refractivity contribution in [2.24, 2.45) is 0 Å². The first-order valence-corrected chi connectivity index (χ1v) is 8.75. The predicted octanol–water partition coefficient (Wildman–Crippen LogP) is 3.04. The number of ether oxygens (including phenoxy) is 1. The summed E-state index contributed by atoms with van der Waals surface area (Å²) in [6.45, 7) is 2.10. The molecule has 1 amide bonds. The van der Waals surface area contributed by atoms with Gasteiger partial charge >= 0.3 is 5.97 Å². The van der Waals surface area contributed by atoms with Crippen molar-refractivity contribution in [3.63, 3.8) is 0 Å². The zero-order valence-electron chi connectivity index (χ0n) is 13.5. The molecule has 0 unspecified atom stereocenters. The average Bonchev–Trinajstić information content (AvgIpc) is 3.01. The highest BCUT2D eigenvalue weighted by Gasteiger charge is 2.18. The summed E-state index contributed by atoms with van der Waals surface area (Å²) in [5.74, 6) is -0.117. The van der Waals surface area contributed by atoms with Crippen molar-refractivity contribution in [1.82, 2.24) is 9.38 Å². The van der Waals surface area contributed by atoms with Crippen molar-refractivity contribution in [1.29, 1.82) is 0 Å². The van der Waals surface area contributed by atoms with E-state index in [2.05, 4.69) is 10.3 Å². The van der Waals surface area contributed by atoms with Crippen LogP contribution in [0.5, 0.6) is 0 Å². The lowest BCUT2D eigenvalue weighted by Gasteiger charge is -2.16. The van der Waals surface area contributed by atoms with Crippen LogP contribution in [0.25, 0.3) is 5.65 Å². The van der Waals surface area contributed by atoms with E-state index in [1.54, 1.807) is 12.1 Å². The SMILES string of the molecule is Cc1ccc2nc(COC(=O)c3ccc4c(c3)NC(=O)CS4)cn2c1. The van der Waals surface area contributed by atoms with Gasteiger partial charge in [-0.1, -0.05) is 6.07 Å². The van der Waals surface area contributed by atoms with Gasteiger partial charge in [0.05, 0.1) is 22.7 Å². The van der Waals surface area contributed by atoms with Crippen molar-refractivity contribution in [3.8, 4) is 0 Å². The lowest BCUT2D eigenvalue weighted by atomic mass is 10.2. The number of aromatic nitrogens is 2. The van der Waals surface area contributed by atoms with Crippen molar-refractivity contribution in [3.05, 3.63) is 59.5 Å². The number of carbonyl (C=O) groups is 2. The van der Waals surface area contributed by atoms with E-state index < -0.39 is 5.97 Å². The molecule has 1 N–H and O–H groups in total. The van der Waals surface area contributed by atoms with Gasteiger partial charge in [0.2, 0.25) is 5.91 Å². The number of nitrogens with one attached hydrogen (secondary N) is 1. The van der Waals surface area contributed by atoms with Gasteiger partial charge in [0.15, 0.2) is 0 Å². The smallest absolute Gasteiger partial charge is 0.338 e. The lowest BCUT2D eigenvalue weighted by molar-refractivity contribution is -0.113. The topological polar surface area (TPSA) is 72.7 Å². The Balaban J connectivity index is 1.48. The molecule has 0 saturated heterocycles. The van der Waals surface area contributed by atoms with Crippen LogP contribution in [-0.2, 0) is 16.1 Å². The molecule has 4 rings (SSSR count). The summed E-state index contributed by atoms with van der Waals surface area (Å²) in [7, 11) is 0. The summed E-state index contributed by atoms with van der Waals surface area (Å²) >= 11 is 1.45. The minimum Gasteiger partial charge on any atom is -0.456 e. The first-order valence-electron chi connectivity index (χ1n) is 7.76. The number of fused-ring (bicyclic) bond motifs is 2. The Morgan fingerprint density at radius 1 is 1.32 bits per heavy atom. The third kappa shape index (κ3) is 3.23. The minimum absolute atomic E-state index is 0.0667. The van der Waals surface area contributed by atoms with Crippen LogP contribution in [0.3, 0.4) is 0 Å². The number of carbonyl (C=O) groups excluding carboxylic acids is 2. The molecule has 0 atom stereocenters. The molecule has 6 nitrogen and oxygen atoms in total. The molecule has 1 aliphatic rings. The number of amides is 1. The number of thioether (sulfide) groups is 1. The van der Waals surface area contributed by atoms with Crippen LogP contribution in [0.2, 0.25) is 0 Å². The van der Waals surface area contributed by atoms with Crippen LogP contribution < -0.4 is 5.32 Å². The minimum atomic E-state index is -0.444. The third-order valence-electron chi connectivity index (χ3n) is 3.85. The molecular weight excluding hydrogens is 338 g/mol. The summed E-state index contributed by atoms with van der Waals surface area (Å²) < 4.78 is 7.26. The molecule has 0 aliphatic carbocycles. The molecular formula is C18H15N3O3S. The number of rotatable bonds is 3. The normalized spacial score (nSPS) is 13.4. The maximum absolute atomic E-state index is 12.3. The number of benzene rings is 1. The molecule has 25 heavy (non-hydrogen) atoms. The van der Waals surface area contributed by atoms with Crippen LogP contribution >= 0.6 is 11.8 Å². The molecule has 3 heterocycles. The molecule has 1 aliphatic heterocycles. The Kier molecular flexibility index (Phi) is 3.93. The van der Waals surface area contributed by atoms with Gasteiger partial charge in [0.25, 0.3) is 0 Å². The third-order valence-corrected chi connectivity index (χ3v) is 4.92. The second-order valence-corrected chi connectivity index (χ2v) is 6.85. The Labute approximate surface area is 148 Å². The first kappa shape index (κ1) is 15.7. The Hall–Kier alpha value is -2.80. The van der Waals surface area contributed by atoms with Crippen LogP contribution in [0.15, 0.2) is 47.6 Å². The fourth-order valence-electron chi connectivity index (χ4n) is 2.66. The molecule has 1 aromatic carbocycles. The van der Waals surface area contributed by atoms with Gasteiger partial charge in [-0.25, -0.2) is 9.78 Å². The highest BCUT2D eigenvalue weighted by atomic mass is 32.2. The number of aryl methyl sites for hydroxylation is 1. The number of nitrogens with zero attached hydrogens (tertiary/aromatic N) is 2. The highest BCUT2D eigenvalue weighted by Crippen LogP contribution is 2.32. The zero-order chi connectivity index (χ0) is 17.4. The Morgan fingerprint density at radius 2 is 2.20 bits per heavy atom. The monoisotopic (exact) mass is 353 g/mol. The molecule has 0 spiro atoms. The van der Waals surface area contributed by atoms with Crippen LogP contribution in [0.1, 0.15) is 21.6 Å². The van der Waals surface area contributed by atoms with Crippen molar-refractivity contribution in [2.75, 3.05) is 11.1 Å². The van der Waals surface area contributed by atoms with Crippen LogP contribution in [0, 0.1) is 6.92 Å². The Bertz CT molecular complexity index is 996. The molecule has 2 aromatic heterocycles. The molecule has 0 bridgehead atoms. The molecule has 126 valence electrons. The molecule has 0 radical (unpaired) electrons. The van der Waals surface area contributed by atoms with E-state index >= 15 is 0 Å². The van der Waals surface area contributed by atoms with Gasteiger partial charge in [0, 0.05) is 17.3 Å². The van der Waals surface area contributed by atoms with Gasteiger partial charge in [-0.05, 0) is 36.8 Å². The maximum Gasteiger partial charge on any atom is 0.338 e. The van der Waals surface area contributed by atoms with E-state index in [0.29, 0.717) is 22.7 Å². The second kappa shape index (κ2) is 6.25. The van der Waals surface area contributed by atoms with E-state index in [9.17, 15) is 9.59 Å².